The van der Waals surface area contributed by atoms with Crippen LogP contribution in [0.15, 0.2) is 18.3 Å². The summed E-state index contributed by atoms with van der Waals surface area (Å²) in [6.07, 6.45) is 3.54. The van der Waals surface area contributed by atoms with Gasteiger partial charge in [0.15, 0.2) is 0 Å². The molecule has 1 fully saturated rings. The fourth-order valence-electron chi connectivity index (χ4n) is 2.24. The van der Waals surface area contributed by atoms with Crippen LogP contribution in [0.4, 0.5) is 0 Å². The van der Waals surface area contributed by atoms with E-state index in [1.54, 1.807) is 6.20 Å². The molecule has 1 atom stereocenters. The first kappa shape index (κ1) is 12.0. The van der Waals surface area contributed by atoms with Crippen LogP contribution >= 0.6 is 0 Å². The normalized spacial score (nSPS) is 20.0. The van der Waals surface area contributed by atoms with E-state index >= 15 is 0 Å². The molecule has 2 rings (SSSR count). The van der Waals surface area contributed by atoms with Crippen molar-refractivity contribution in [3.8, 4) is 0 Å². The number of nitrogens with two attached hydrogens (primary N) is 1. The third-order valence-electron chi connectivity index (χ3n) is 3.34. The van der Waals surface area contributed by atoms with Crippen LogP contribution in [0.1, 0.15) is 31.0 Å². The number of pyridine rings is 1. The van der Waals surface area contributed by atoms with Gasteiger partial charge in [-0.3, -0.25) is 9.78 Å². The molecule has 0 saturated carbocycles. The lowest BCUT2D eigenvalue weighted by Crippen LogP contribution is -2.24. The molecule has 1 aromatic heterocycles. The maximum absolute atomic E-state index is 11.8. The molecule has 0 bridgehead atoms. The Kier molecular flexibility index (Phi) is 3.74. The highest BCUT2D eigenvalue weighted by Gasteiger charge is 2.27. The van der Waals surface area contributed by atoms with Gasteiger partial charge in [-0.25, -0.2) is 0 Å². The minimum Gasteiger partial charge on any atom is -0.338 e. The topological polar surface area (TPSA) is 59.2 Å². The van der Waals surface area contributed by atoms with Gasteiger partial charge in [-0.1, -0.05) is 13.3 Å². The number of likely N-dealkylation sites (tertiary alicyclic amines) is 1. The average molecular weight is 233 g/mol. The third-order valence-corrected chi connectivity index (χ3v) is 3.34. The van der Waals surface area contributed by atoms with Gasteiger partial charge in [0.1, 0.15) is 0 Å². The van der Waals surface area contributed by atoms with Crippen LogP contribution in [0.5, 0.6) is 0 Å². The van der Waals surface area contributed by atoms with Crippen molar-refractivity contribution in [1.82, 2.24) is 9.88 Å². The van der Waals surface area contributed by atoms with E-state index in [-0.39, 0.29) is 5.91 Å². The molecule has 17 heavy (non-hydrogen) atoms. The first-order valence-corrected chi connectivity index (χ1v) is 6.14. The second-order valence-corrected chi connectivity index (χ2v) is 4.61. The van der Waals surface area contributed by atoms with Crippen molar-refractivity contribution in [1.29, 1.82) is 0 Å². The number of amides is 1. The number of nitrogens with zero attached hydrogens (tertiary/aromatic N) is 2. The smallest absolute Gasteiger partial charge is 0.223 e. The SMILES string of the molecule is CCC1CC(=O)N(Cc2ccnc(CN)c2)C1. The summed E-state index contributed by atoms with van der Waals surface area (Å²) in [4.78, 5) is 17.9. The van der Waals surface area contributed by atoms with E-state index in [0.717, 1.165) is 24.2 Å². The maximum Gasteiger partial charge on any atom is 0.223 e. The maximum atomic E-state index is 11.8. The van der Waals surface area contributed by atoms with Crippen molar-refractivity contribution in [2.45, 2.75) is 32.9 Å². The summed E-state index contributed by atoms with van der Waals surface area (Å²) < 4.78 is 0. The number of rotatable bonds is 4. The second kappa shape index (κ2) is 5.27. The molecule has 4 nitrogen and oxygen atoms in total. The molecule has 1 aromatic rings. The highest BCUT2D eigenvalue weighted by Crippen LogP contribution is 2.22. The largest absolute Gasteiger partial charge is 0.338 e. The fraction of sp³-hybridized carbons (Fsp3) is 0.538. The summed E-state index contributed by atoms with van der Waals surface area (Å²) in [6.45, 7) is 4.15. The van der Waals surface area contributed by atoms with Crippen molar-refractivity contribution >= 4 is 5.91 Å². The second-order valence-electron chi connectivity index (χ2n) is 4.61. The molecule has 2 N–H and O–H groups in total. The first-order valence-electron chi connectivity index (χ1n) is 6.14. The monoisotopic (exact) mass is 233 g/mol. The Balaban J connectivity index is 2.03. The van der Waals surface area contributed by atoms with Crippen LogP contribution in [0.3, 0.4) is 0 Å². The van der Waals surface area contributed by atoms with Gasteiger partial charge in [0, 0.05) is 32.3 Å². The number of hydrogen-bond acceptors (Lipinski definition) is 3. The lowest BCUT2D eigenvalue weighted by Gasteiger charge is -2.16. The zero-order valence-corrected chi connectivity index (χ0v) is 10.2. The summed E-state index contributed by atoms with van der Waals surface area (Å²) >= 11 is 0. The van der Waals surface area contributed by atoms with E-state index in [1.807, 2.05) is 17.0 Å². The van der Waals surface area contributed by atoms with Crippen molar-refractivity contribution in [3.63, 3.8) is 0 Å². The van der Waals surface area contributed by atoms with Crippen LogP contribution in [0.2, 0.25) is 0 Å². The highest BCUT2D eigenvalue weighted by molar-refractivity contribution is 5.78. The van der Waals surface area contributed by atoms with E-state index in [1.165, 1.54) is 0 Å². The van der Waals surface area contributed by atoms with Gasteiger partial charge in [0.05, 0.1) is 5.69 Å². The predicted molar refractivity (Wildman–Crippen MR) is 65.9 cm³/mol. The molecule has 0 radical (unpaired) electrons. The van der Waals surface area contributed by atoms with Crippen molar-refractivity contribution in [2.24, 2.45) is 11.7 Å². The van der Waals surface area contributed by atoms with Crippen molar-refractivity contribution < 1.29 is 4.79 Å². The Hall–Kier alpha value is -1.42. The Bertz CT molecular complexity index is 405. The van der Waals surface area contributed by atoms with Crippen LogP contribution < -0.4 is 5.73 Å². The molecular formula is C13H19N3O. The lowest BCUT2D eigenvalue weighted by atomic mass is 10.1. The van der Waals surface area contributed by atoms with Gasteiger partial charge >= 0.3 is 0 Å². The van der Waals surface area contributed by atoms with E-state index in [2.05, 4.69) is 11.9 Å². The van der Waals surface area contributed by atoms with Crippen molar-refractivity contribution in [3.05, 3.63) is 29.6 Å². The summed E-state index contributed by atoms with van der Waals surface area (Å²) in [5.74, 6) is 0.793. The lowest BCUT2D eigenvalue weighted by molar-refractivity contribution is -0.128. The molecule has 4 heteroatoms. The summed E-state index contributed by atoms with van der Waals surface area (Å²) in [5.41, 5.74) is 7.55. The molecule has 0 spiro atoms. The highest BCUT2D eigenvalue weighted by atomic mass is 16.2. The minimum atomic E-state index is 0.267. The molecule has 1 aliphatic rings. The van der Waals surface area contributed by atoms with E-state index in [4.69, 9.17) is 5.73 Å². The zero-order chi connectivity index (χ0) is 12.3. The van der Waals surface area contributed by atoms with Crippen molar-refractivity contribution in [2.75, 3.05) is 6.54 Å². The molecule has 92 valence electrons. The van der Waals surface area contributed by atoms with Crippen LogP contribution in [0, 0.1) is 5.92 Å². The van der Waals surface area contributed by atoms with Gasteiger partial charge in [0.25, 0.3) is 0 Å². The van der Waals surface area contributed by atoms with Gasteiger partial charge in [-0.2, -0.15) is 0 Å². The fourth-order valence-corrected chi connectivity index (χ4v) is 2.24. The average Bonchev–Trinajstić information content (AvgIpc) is 2.70. The van der Waals surface area contributed by atoms with Gasteiger partial charge in [-0.05, 0) is 23.6 Å². The van der Waals surface area contributed by atoms with Gasteiger partial charge < -0.3 is 10.6 Å². The molecule has 0 aromatic carbocycles. The molecular weight excluding hydrogens is 214 g/mol. The van der Waals surface area contributed by atoms with Gasteiger partial charge in [0.2, 0.25) is 5.91 Å². The molecule has 1 saturated heterocycles. The number of carbonyl (C=O) groups is 1. The summed E-state index contributed by atoms with van der Waals surface area (Å²) in [6, 6.07) is 3.93. The van der Waals surface area contributed by atoms with Crippen LogP contribution in [0.25, 0.3) is 0 Å². The Labute approximate surface area is 102 Å². The Morgan fingerprint density at radius 1 is 1.59 bits per heavy atom. The Morgan fingerprint density at radius 3 is 3.06 bits per heavy atom. The van der Waals surface area contributed by atoms with Crippen LogP contribution in [-0.2, 0) is 17.9 Å². The quantitative estimate of drug-likeness (QED) is 0.852. The number of aromatic nitrogens is 1. The summed E-state index contributed by atoms with van der Waals surface area (Å²) in [7, 11) is 0. The predicted octanol–water partition coefficient (Wildman–Crippen LogP) is 1.30. The third kappa shape index (κ3) is 2.82. The first-order chi connectivity index (χ1) is 8.22. The molecule has 1 amide bonds. The van der Waals surface area contributed by atoms with E-state index in [0.29, 0.717) is 25.4 Å². The molecule has 1 unspecified atom stereocenters. The number of hydrogen-bond donors (Lipinski definition) is 1. The zero-order valence-electron chi connectivity index (χ0n) is 10.2. The molecule has 2 heterocycles. The standard InChI is InChI=1S/C13H19N3O/c1-2-10-6-13(17)16(8-10)9-11-3-4-15-12(5-11)7-14/h3-5,10H,2,6-9,14H2,1H3. The van der Waals surface area contributed by atoms with E-state index < -0.39 is 0 Å². The van der Waals surface area contributed by atoms with Crippen LogP contribution in [-0.4, -0.2) is 22.3 Å². The molecule has 0 aliphatic carbocycles. The Morgan fingerprint density at radius 2 is 2.41 bits per heavy atom. The number of carbonyl (C=O) groups excluding carboxylic acids is 1. The summed E-state index contributed by atoms with van der Waals surface area (Å²) in [5, 5.41) is 0. The van der Waals surface area contributed by atoms with E-state index in [9.17, 15) is 4.79 Å². The minimum absolute atomic E-state index is 0.267. The van der Waals surface area contributed by atoms with Gasteiger partial charge in [-0.15, -0.1) is 0 Å². The molecule has 1 aliphatic heterocycles.